The molecule has 0 aliphatic heterocycles. The molecule has 2 rings (SSSR count). The zero-order chi connectivity index (χ0) is 20.7. The predicted molar refractivity (Wildman–Crippen MR) is 99.2 cm³/mol. The van der Waals surface area contributed by atoms with Crippen LogP contribution in [0.4, 0.5) is 8.78 Å². The van der Waals surface area contributed by atoms with Crippen molar-refractivity contribution in [3.63, 3.8) is 0 Å². The standard InChI is InChI=1S/C19H21F2NO5S/c1-22(13-14-4-3-5-16(12-14)27-19(20)21)18(23)15-6-8-17(9-7-15)28(24,25)11-10-26-2/h3-9,12,19H,10-11,13H2,1-2H3. The minimum absolute atomic E-state index is 0.0129. The van der Waals surface area contributed by atoms with E-state index >= 15 is 0 Å². The molecule has 0 aromatic heterocycles. The van der Waals surface area contributed by atoms with E-state index in [2.05, 4.69) is 4.74 Å². The maximum Gasteiger partial charge on any atom is 0.387 e. The maximum absolute atomic E-state index is 12.5. The highest BCUT2D eigenvalue weighted by atomic mass is 32.2. The summed E-state index contributed by atoms with van der Waals surface area (Å²) in [4.78, 5) is 14.1. The normalized spacial score (nSPS) is 11.5. The van der Waals surface area contributed by atoms with Crippen LogP contribution < -0.4 is 4.74 Å². The highest BCUT2D eigenvalue weighted by Gasteiger charge is 2.17. The molecule has 0 N–H and O–H groups in total. The SMILES string of the molecule is COCCS(=O)(=O)c1ccc(C(=O)N(C)Cc2cccc(OC(F)F)c2)cc1. The Morgan fingerprint density at radius 1 is 1.14 bits per heavy atom. The van der Waals surface area contributed by atoms with Gasteiger partial charge in [0.2, 0.25) is 0 Å². The molecular weight excluding hydrogens is 392 g/mol. The maximum atomic E-state index is 12.5. The summed E-state index contributed by atoms with van der Waals surface area (Å²) in [6.07, 6.45) is 0. The molecule has 0 atom stereocenters. The third kappa shape index (κ3) is 6.00. The molecule has 1 amide bonds. The van der Waals surface area contributed by atoms with E-state index in [1.165, 1.54) is 48.4 Å². The fourth-order valence-corrected chi connectivity index (χ4v) is 3.67. The molecule has 0 aliphatic rings. The van der Waals surface area contributed by atoms with Crippen molar-refractivity contribution in [1.29, 1.82) is 0 Å². The first-order chi connectivity index (χ1) is 13.2. The van der Waals surface area contributed by atoms with E-state index in [1.807, 2.05) is 0 Å². The smallest absolute Gasteiger partial charge is 0.387 e. The third-order valence-electron chi connectivity index (χ3n) is 3.91. The number of hydrogen-bond acceptors (Lipinski definition) is 5. The third-order valence-corrected chi connectivity index (χ3v) is 5.60. The van der Waals surface area contributed by atoms with Crippen LogP contribution in [0, 0.1) is 0 Å². The molecule has 2 aromatic carbocycles. The van der Waals surface area contributed by atoms with Crippen LogP contribution in [0.2, 0.25) is 0 Å². The van der Waals surface area contributed by atoms with E-state index in [0.29, 0.717) is 11.1 Å². The van der Waals surface area contributed by atoms with Crippen LogP contribution in [-0.4, -0.2) is 52.4 Å². The molecule has 9 heteroatoms. The number of amides is 1. The second-order valence-corrected chi connectivity index (χ2v) is 8.13. The summed E-state index contributed by atoms with van der Waals surface area (Å²) in [5.74, 6) is -0.465. The van der Waals surface area contributed by atoms with E-state index in [4.69, 9.17) is 4.74 Å². The summed E-state index contributed by atoms with van der Waals surface area (Å²) < 4.78 is 58.0. The van der Waals surface area contributed by atoms with Gasteiger partial charge < -0.3 is 14.4 Å². The van der Waals surface area contributed by atoms with Gasteiger partial charge in [-0.25, -0.2) is 8.42 Å². The molecule has 0 bridgehead atoms. The number of nitrogens with zero attached hydrogens (tertiary/aromatic N) is 1. The number of carbonyl (C=O) groups is 1. The molecule has 0 saturated carbocycles. The fraction of sp³-hybridized carbons (Fsp3) is 0.316. The van der Waals surface area contributed by atoms with Crippen molar-refractivity contribution in [1.82, 2.24) is 4.90 Å². The molecule has 0 radical (unpaired) electrons. The summed E-state index contributed by atoms with van der Waals surface area (Å²) in [6, 6.07) is 11.7. The van der Waals surface area contributed by atoms with Crippen molar-refractivity contribution >= 4 is 15.7 Å². The minimum atomic E-state index is -3.47. The van der Waals surface area contributed by atoms with Gasteiger partial charge in [-0.05, 0) is 42.0 Å². The van der Waals surface area contributed by atoms with Gasteiger partial charge in [-0.3, -0.25) is 4.79 Å². The van der Waals surface area contributed by atoms with Crippen LogP contribution in [0.15, 0.2) is 53.4 Å². The van der Waals surface area contributed by atoms with Gasteiger partial charge in [-0.15, -0.1) is 0 Å². The van der Waals surface area contributed by atoms with Gasteiger partial charge in [0.1, 0.15) is 5.75 Å². The van der Waals surface area contributed by atoms with Gasteiger partial charge in [-0.1, -0.05) is 12.1 Å². The molecule has 2 aromatic rings. The van der Waals surface area contributed by atoms with Crippen molar-refractivity contribution in [2.75, 3.05) is 26.5 Å². The lowest BCUT2D eigenvalue weighted by atomic mass is 10.1. The Morgan fingerprint density at radius 2 is 1.82 bits per heavy atom. The predicted octanol–water partition coefficient (Wildman–Crippen LogP) is 2.98. The van der Waals surface area contributed by atoms with Crippen LogP contribution >= 0.6 is 0 Å². The summed E-state index contributed by atoms with van der Waals surface area (Å²) in [7, 11) is -0.493. The Kier molecular flexibility index (Phi) is 7.47. The Hall–Kier alpha value is -2.52. The van der Waals surface area contributed by atoms with Gasteiger partial charge in [0.25, 0.3) is 5.91 Å². The molecule has 0 fully saturated rings. The summed E-state index contributed by atoms with van der Waals surface area (Å²) >= 11 is 0. The Labute approximate surface area is 162 Å². The van der Waals surface area contributed by atoms with Crippen molar-refractivity contribution in [2.24, 2.45) is 0 Å². The molecule has 0 unspecified atom stereocenters. The lowest BCUT2D eigenvalue weighted by molar-refractivity contribution is -0.0499. The zero-order valence-electron chi connectivity index (χ0n) is 15.5. The van der Waals surface area contributed by atoms with E-state index in [1.54, 1.807) is 19.2 Å². The van der Waals surface area contributed by atoms with Gasteiger partial charge in [0.05, 0.1) is 17.3 Å². The monoisotopic (exact) mass is 413 g/mol. The topological polar surface area (TPSA) is 72.9 Å². The zero-order valence-corrected chi connectivity index (χ0v) is 16.3. The average Bonchev–Trinajstić information content (AvgIpc) is 2.65. The second-order valence-electron chi connectivity index (χ2n) is 6.02. The lowest BCUT2D eigenvalue weighted by Gasteiger charge is -2.18. The van der Waals surface area contributed by atoms with Crippen molar-refractivity contribution in [2.45, 2.75) is 18.1 Å². The first-order valence-corrected chi connectivity index (χ1v) is 9.99. The number of hydrogen-bond donors (Lipinski definition) is 0. The average molecular weight is 413 g/mol. The van der Waals surface area contributed by atoms with Crippen LogP contribution in [0.3, 0.4) is 0 Å². The highest BCUT2D eigenvalue weighted by Crippen LogP contribution is 2.18. The van der Waals surface area contributed by atoms with E-state index in [0.717, 1.165) is 0 Å². The van der Waals surface area contributed by atoms with Gasteiger partial charge >= 0.3 is 6.61 Å². The number of methoxy groups -OCH3 is 1. The number of benzene rings is 2. The highest BCUT2D eigenvalue weighted by molar-refractivity contribution is 7.91. The number of sulfone groups is 1. The molecule has 0 heterocycles. The first-order valence-electron chi connectivity index (χ1n) is 8.34. The van der Waals surface area contributed by atoms with E-state index < -0.39 is 16.4 Å². The fourth-order valence-electron chi connectivity index (χ4n) is 2.50. The molecule has 28 heavy (non-hydrogen) atoms. The molecule has 6 nitrogen and oxygen atoms in total. The van der Waals surface area contributed by atoms with Crippen molar-refractivity contribution in [3.8, 4) is 5.75 Å². The Bertz CT molecular complexity index is 901. The summed E-state index contributed by atoms with van der Waals surface area (Å²) in [5.41, 5.74) is 0.931. The lowest BCUT2D eigenvalue weighted by Crippen LogP contribution is -2.26. The van der Waals surface area contributed by atoms with Crippen LogP contribution in [0.25, 0.3) is 0 Å². The number of alkyl halides is 2. The van der Waals surface area contributed by atoms with Crippen LogP contribution in [0.5, 0.6) is 5.75 Å². The van der Waals surface area contributed by atoms with Gasteiger partial charge in [0, 0.05) is 26.3 Å². The van der Waals surface area contributed by atoms with Crippen molar-refractivity contribution < 1.29 is 31.5 Å². The number of carbonyl (C=O) groups excluding carboxylic acids is 1. The van der Waals surface area contributed by atoms with Gasteiger partial charge in [0.15, 0.2) is 9.84 Å². The van der Waals surface area contributed by atoms with Gasteiger partial charge in [-0.2, -0.15) is 8.78 Å². The summed E-state index contributed by atoms with van der Waals surface area (Å²) in [5, 5.41) is 0. The molecule has 0 spiro atoms. The second kappa shape index (κ2) is 9.61. The van der Waals surface area contributed by atoms with Crippen LogP contribution in [-0.2, 0) is 21.1 Å². The Morgan fingerprint density at radius 3 is 2.43 bits per heavy atom. The quantitative estimate of drug-likeness (QED) is 0.632. The largest absolute Gasteiger partial charge is 0.435 e. The number of rotatable bonds is 9. The van der Waals surface area contributed by atoms with Crippen molar-refractivity contribution in [3.05, 3.63) is 59.7 Å². The minimum Gasteiger partial charge on any atom is -0.435 e. The van der Waals surface area contributed by atoms with E-state index in [9.17, 15) is 22.0 Å². The van der Waals surface area contributed by atoms with E-state index in [-0.39, 0.29) is 35.5 Å². The molecule has 152 valence electrons. The molecular formula is C19H21F2NO5S. The first kappa shape index (κ1) is 21.8. The molecule has 0 saturated heterocycles. The van der Waals surface area contributed by atoms with Crippen LogP contribution in [0.1, 0.15) is 15.9 Å². The number of halogens is 2. The Balaban J connectivity index is 2.07. The summed E-state index contributed by atoms with van der Waals surface area (Å²) in [6.45, 7) is -2.67. The molecule has 0 aliphatic carbocycles. The number of ether oxygens (including phenoxy) is 2.